The second-order valence-corrected chi connectivity index (χ2v) is 12.0. The van der Waals surface area contributed by atoms with Crippen LogP contribution in [-0.4, -0.2) is 69.1 Å². The largest absolute Gasteiger partial charge is 0.481 e. The maximum Gasteiger partial charge on any atom is 0.303 e. The number of halogens is 2. The zero-order chi connectivity index (χ0) is 30.8. The van der Waals surface area contributed by atoms with Gasteiger partial charge in [0, 0.05) is 48.8 Å². The molecule has 0 spiro atoms. The summed E-state index contributed by atoms with van der Waals surface area (Å²) in [5.41, 5.74) is 1.51. The average molecular weight is 628 g/mol. The van der Waals surface area contributed by atoms with Crippen LogP contribution in [0.2, 0.25) is 5.02 Å². The third kappa shape index (κ3) is 6.57. The van der Waals surface area contributed by atoms with Crippen LogP contribution in [0.5, 0.6) is 0 Å². The highest BCUT2D eigenvalue weighted by molar-refractivity contribution is 7.11. The molecule has 2 aromatic carbocycles. The number of nitrogens with zero attached hydrogens (tertiary/aromatic N) is 4. The molecule has 2 N–H and O–H groups in total. The van der Waals surface area contributed by atoms with Gasteiger partial charge >= 0.3 is 5.97 Å². The van der Waals surface area contributed by atoms with E-state index < -0.39 is 17.7 Å². The lowest BCUT2D eigenvalue weighted by Crippen LogP contribution is -2.37. The van der Waals surface area contributed by atoms with Gasteiger partial charge < -0.3 is 24.7 Å². The van der Waals surface area contributed by atoms with Gasteiger partial charge in [-0.05, 0) is 36.6 Å². The van der Waals surface area contributed by atoms with Crippen LogP contribution in [0.4, 0.5) is 10.1 Å². The summed E-state index contributed by atoms with van der Waals surface area (Å²) in [6.45, 7) is 0.340. The van der Waals surface area contributed by atoms with Crippen molar-refractivity contribution in [1.29, 1.82) is 0 Å². The molecule has 2 aromatic heterocycles. The maximum absolute atomic E-state index is 15.3. The Balaban J connectivity index is 1.33. The van der Waals surface area contributed by atoms with Crippen molar-refractivity contribution in [3.63, 3.8) is 0 Å². The minimum absolute atomic E-state index is 0.0115. The number of rotatable bonds is 10. The molecular formula is C30H31ClFN5O5S. The van der Waals surface area contributed by atoms with Crippen LogP contribution in [0.25, 0.3) is 10.9 Å². The number of fused-ring (bicyclic) bond motifs is 1. The molecule has 43 heavy (non-hydrogen) atoms. The Hall–Kier alpha value is -3.84. The summed E-state index contributed by atoms with van der Waals surface area (Å²) in [5.74, 6) is -2.31. The van der Waals surface area contributed by atoms with E-state index in [1.54, 1.807) is 36.5 Å². The van der Waals surface area contributed by atoms with Crippen molar-refractivity contribution in [2.45, 2.75) is 37.8 Å². The van der Waals surface area contributed by atoms with Crippen LogP contribution >= 0.6 is 22.9 Å². The maximum atomic E-state index is 15.3. The number of para-hydroxylation sites is 1. The highest BCUT2D eigenvalue weighted by Crippen LogP contribution is 2.37. The number of aromatic nitrogens is 2. The number of likely N-dealkylation sites (tertiary alicyclic amines) is 1. The topological polar surface area (TPSA) is 117 Å². The van der Waals surface area contributed by atoms with Crippen LogP contribution in [0.15, 0.2) is 48.8 Å². The van der Waals surface area contributed by atoms with E-state index in [1.165, 1.54) is 17.4 Å². The molecule has 0 bridgehead atoms. The van der Waals surface area contributed by atoms with E-state index in [-0.39, 0.29) is 47.1 Å². The second-order valence-electron chi connectivity index (χ2n) is 10.5. The summed E-state index contributed by atoms with van der Waals surface area (Å²) in [7, 11) is 5.16. The van der Waals surface area contributed by atoms with E-state index in [4.69, 9.17) is 21.5 Å². The van der Waals surface area contributed by atoms with Crippen LogP contribution < -0.4 is 5.32 Å². The third-order valence-electron chi connectivity index (χ3n) is 7.71. The average Bonchev–Trinajstić information content (AvgIpc) is 3.71. The van der Waals surface area contributed by atoms with E-state index in [2.05, 4.69) is 10.3 Å². The highest BCUT2D eigenvalue weighted by atomic mass is 35.5. The van der Waals surface area contributed by atoms with E-state index in [0.717, 1.165) is 21.8 Å². The SMILES string of the molecule is CON(C)[C@H]1C[C@@H](c2ncc(CCC(=O)O)s2)N(C(=O)Cc2cc(Cl)c(NC(=O)c3cn(C)c4ccccc34)cc2F)C1. The summed E-state index contributed by atoms with van der Waals surface area (Å²) in [4.78, 5) is 50.0. The number of carboxylic acid groups (broad SMARTS) is 1. The monoisotopic (exact) mass is 627 g/mol. The molecule has 0 aliphatic carbocycles. The molecule has 1 aliphatic heterocycles. The van der Waals surface area contributed by atoms with Gasteiger partial charge in [0.2, 0.25) is 5.91 Å². The van der Waals surface area contributed by atoms with Crippen molar-refractivity contribution in [3.05, 3.63) is 80.6 Å². The number of carboxylic acids is 1. The molecule has 1 aliphatic rings. The van der Waals surface area contributed by atoms with Gasteiger partial charge in [-0.25, -0.2) is 9.37 Å². The molecule has 226 valence electrons. The molecule has 3 heterocycles. The molecule has 1 saturated heterocycles. The molecule has 0 radical (unpaired) electrons. The van der Waals surface area contributed by atoms with E-state index >= 15 is 4.39 Å². The fourth-order valence-electron chi connectivity index (χ4n) is 5.35. The Kier molecular flexibility index (Phi) is 9.11. The Labute approximate surface area is 256 Å². The predicted octanol–water partition coefficient (Wildman–Crippen LogP) is 5.07. The number of nitrogens with one attached hydrogen (secondary N) is 1. The Morgan fingerprint density at radius 2 is 2.05 bits per heavy atom. The standard InChI is InChI=1S/C30H31ClFN5O5S/c1-35-16-21(20-6-4-5-7-25(20)35)29(41)34-24-13-23(32)17(10-22(24)31)11-27(38)37-15-18(36(2)42-3)12-26(37)30-33-14-19(43-30)8-9-28(39)40/h4-7,10,13-14,16,18,26H,8-9,11-12,15H2,1-3H3,(H,34,41)(H,39,40)/t18-,26-/m0/s1. The lowest BCUT2D eigenvalue weighted by atomic mass is 10.1. The summed E-state index contributed by atoms with van der Waals surface area (Å²) >= 11 is 7.85. The summed E-state index contributed by atoms with van der Waals surface area (Å²) < 4.78 is 17.2. The number of hydrogen-bond donors (Lipinski definition) is 2. The van der Waals surface area contributed by atoms with E-state index in [9.17, 15) is 14.4 Å². The number of benzene rings is 2. The van der Waals surface area contributed by atoms with Gasteiger partial charge in [0.25, 0.3) is 5.91 Å². The first-order chi connectivity index (χ1) is 20.5. The number of likely N-dealkylation sites (N-methyl/N-ethyl adjacent to an activating group) is 1. The third-order valence-corrected chi connectivity index (χ3v) is 9.18. The smallest absolute Gasteiger partial charge is 0.303 e. The first-order valence-electron chi connectivity index (χ1n) is 13.6. The van der Waals surface area contributed by atoms with Crippen LogP contribution in [0.3, 0.4) is 0 Å². The minimum atomic E-state index is -0.894. The van der Waals surface area contributed by atoms with Gasteiger partial charge in [0.15, 0.2) is 0 Å². The number of aliphatic carboxylic acids is 1. The van der Waals surface area contributed by atoms with Crippen molar-refractivity contribution in [3.8, 4) is 0 Å². The van der Waals surface area contributed by atoms with Crippen molar-refractivity contribution in [2.24, 2.45) is 7.05 Å². The van der Waals surface area contributed by atoms with Crippen molar-refractivity contribution < 1.29 is 28.7 Å². The number of hydroxylamine groups is 2. The molecule has 4 aromatic rings. The summed E-state index contributed by atoms with van der Waals surface area (Å²) in [6.07, 6.45) is 3.98. The highest BCUT2D eigenvalue weighted by Gasteiger charge is 2.40. The number of thiazole rings is 1. The summed E-state index contributed by atoms with van der Waals surface area (Å²) in [5, 5.41) is 14.9. The zero-order valence-electron chi connectivity index (χ0n) is 23.8. The van der Waals surface area contributed by atoms with Gasteiger partial charge in [-0.2, -0.15) is 5.06 Å². The fraction of sp³-hybridized carbons (Fsp3) is 0.333. The molecule has 2 atom stereocenters. The van der Waals surface area contributed by atoms with Crippen LogP contribution in [-0.2, 0) is 34.3 Å². The Morgan fingerprint density at radius 1 is 1.28 bits per heavy atom. The lowest BCUT2D eigenvalue weighted by molar-refractivity contribution is -0.141. The lowest BCUT2D eigenvalue weighted by Gasteiger charge is -2.24. The molecule has 2 amide bonds. The van der Waals surface area contributed by atoms with Crippen molar-refractivity contribution in [1.82, 2.24) is 19.5 Å². The predicted molar refractivity (Wildman–Crippen MR) is 162 cm³/mol. The van der Waals surface area contributed by atoms with Gasteiger partial charge in [0.05, 0.1) is 48.3 Å². The van der Waals surface area contributed by atoms with Gasteiger partial charge in [-0.3, -0.25) is 14.4 Å². The van der Waals surface area contributed by atoms with Crippen molar-refractivity contribution in [2.75, 3.05) is 26.0 Å². The van der Waals surface area contributed by atoms with E-state index in [0.29, 0.717) is 30.0 Å². The number of carbonyl (C=O) groups is 3. The van der Waals surface area contributed by atoms with Crippen LogP contribution in [0, 0.1) is 5.82 Å². The molecule has 0 unspecified atom stereocenters. The number of hydrogen-bond acceptors (Lipinski definition) is 7. The van der Waals surface area contributed by atoms with Crippen LogP contribution in [0.1, 0.15) is 44.7 Å². The van der Waals surface area contributed by atoms with Crippen molar-refractivity contribution >= 4 is 57.3 Å². The first kappa shape index (κ1) is 30.6. The number of aryl methyl sites for hydroxylation is 2. The second kappa shape index (κ2) is 12.8. The molecule has 10 nitrogen and oxygen atoms in total. The number of amides is 2. The van der Waals surface area contributed by atoms with Gasteiger partial charge in [0.1, 0.15) is 10.8 Å². The minimum Gasteiger partial charge on any atom is -0.481 e. The fourth-order valence-corrected chi connectivity index (χ4v) is 6.63. The first-order valence-corrected chi connectivity index (χ1v) is 14.8. The number of carbonyl (C=O) groups excluding carboxylic acids is 2. The quantitative estimate of drug-likeness (QED) is 0.236. The summed E-state index contributed by atoms with van der Waals surface area (Å²) in [6, 6.07) is 9.46. The van der Waals surface area contributed by atoms with E-state index in [1.807, 2.05) is 35.9 Å². The Morgan fingerprint density at radius 3 is 2.79 bits per heavy atom. The van der Waals surface area contributed by atoms with Gasteiger partial charge in [-0.1, -0.05) is 29.8 Å². The molecule has 13 heteroatoms. The molecule has 5 rings (SSSR count). The molecular weight excluding hydrogens is 597 g/mol. The number of anilines is 1. The van der Waals surface area contributed by atoms with Gasteiger partial charge in [-0.15, -0.1) is 11.3 Å². The normalized spacial score (nSPS) is 16.7. The Bertz CT molecular complexity index is 1690. The molecule has 1 fully saturated rings. The molecule has 0 saturated carbocycles. The zero-order valence-corrected chi connectivity index (χ0v) is 25.4.